The minimum atomic E-state index is -3.66. The maximum absolute atomic E-state index is 12.5. The second-order valence-corrected chi connectivity index (χ2v) is 7.02. The number of carboxylic acid groups (broad SMARTS) is 1. The molecule has 2 N–H and O–H groups in total. The summed E-state index contributed by atoms with van der Waals surface area (Å²) < 4.78 is 28.9. The highest BCUT2D eigenvalue weighted by atomic mass is 32.2. The SMILES string of the molecule is Cc1ccc(C(=O)O)cc1NS(=O)(=O)N1CCCCC1C. The highest BCUT2D eigenvalue weighted by Gasteiger charge is 2.29. The molecule has 6 nitrogen and oxygen atoms in total. The van der Waals surface area contributed by atoms with Crippen LogP contribution < -0.4 is 4.72 Å². The number of rotatable bonds is 4. The summed E-state index contributed by atoms with van der Waals surface area (Å²) in [6.07, 6.45) is 2.72. The first-order valence-corrected chi connectivity index (χ1v) is 8.39. The largest absolute Gasteiger partial charge is 0.478 e. The van der Waals surface area contributed by atoms with Crippen LogP contribution in [-0.4, -0.2) is 36.4 Å². The average Bonchev–Trinajstić information content (AvgIpc) is 2.41. The zero-order valence-corrected chi connectivity index (χ0v) is 13.0. The summed E-state index contributed by atoms with van der Waals surface area (Å²) in [7, 11) is -3.66. The van der Waals surface area contributed by atoms with Crippen molar-refractivity contribution < 1.29 is 18.3 Å². The van der Waals surface area contributed by atoms with Crippen molar-refractivity contribution >= 4 is 21.9 Å². The fourth-order valence-corrected chi connectivity index (χ4v) is 4.06. The third-order valence-corrected chi connectivity index (χ3v) is 5.41. The van der Waals surface area contributed by atoms with E-state index in [2.05, 4.69) is 4.72 Å². The number of hydrogen-bond donors (Lipinski definition) is 2. The van der Waals surface area contributed by atoms with E-state index in [0.717, 1.165) is 19.3 Å². The van der Waals surface area contributed by atoms with Crippen LogP contribution in [0.2, 0.25) is 0 Å². The van der Waals surface area contributed by atoms with Crippen molar-refractivity contribution in [1.29, 1.82) is 0 Å². The van der Waals surface area contributed by atoms with Gasteiger partial charge in [-0.15, -0.1) is 0 Å². The Labute approximate surface area is 125 Å². The van der Waals surface area contributed by atoms with Gasteiger partial charge in [0.25, 0.3) is 0 Å². The van der Waals surface area contributed by atoms with Crippen LogP contribution in [0.15, 0.2) is 18.2 Å². The van der Waals surface area contributed by atoms with Gasteiger partial charge >= 0.3 is 16.2 Å². The summed E-state index contributed by atoms with van der Waals surface area (Å²) in [6.45, 7) is 4.12. The van der Waals surface area contributed by atoms with Gasteiger partial charge in [-0.3, -0.25) is 4.72 Å². The van der Waals surface area contributed by atoms with Gasteiger partial charge in [0.2, 0.25) is 0 Å². The minimum Gasteiger partial charge on any atom is -0.478 e. The molecule has 1 unspecified atom stereocenters. The molecule has 0 bridgehead atoms. The first-order valence-electron chi connectivity index (χ1n) is 6.95. The molecule has 1 aliphatic heterocycles. The van der Waals surface area contributed by atoms with Crippen LogP contribution in [0.1, 0.15) is 42.1 Å². The predicted octanol–water partition coefficient (Wildman–Crippen LogP) is 2.22. The smallest absolute Gasteiger partial charge is 0.335 e. The number of carbonyl (C=O) groups is 1. The van der Waals surface area contributed by atoms with E-state index in [0.29, 0.717) is 17.8 Å². The van der Waals surface area contributed by atoms with Gasteiger partial charge in [0.05, 0.1) is 11.3 Å². The molecule has 1 aromatic carbocycles. The van der Waals surface area contributed by atoms with E-state index in [1.807, 2.05) is 6.92 Å². The maximum atomic E-state index is 12.5. The highest BCUT2D eigenvalue weighted by Crippen LogP contribution is 2.24. The molecule has 1 atom stereocenters. The minimum absolute atomic E-state index is 0.0424. The summed E-state index contributed by atoms with van der Waals surface area (Å²) in [5.41, 5.74) is 1.06. The van der Waals surface area contributed by atoms with Gasteiger partial charge in [-0.05, 0) is 44.4 Å². The number of piperidine rings is 1. The second kappa shape index (κ2) is 6.03. The Balaban J connectivity index is 2.27. The monoisotopic (exact) mass is 312 g/mol. The van der Waals surface area contributed by atoms with Gasteiger partial charge in [0.1, 0.15) is 0 Å². The van der Waals surface area contributed by atoms with Gasteiger partial charge in [-0.25, -0.2) is 4.79 Å². The molecule has 0 radical (unpaired) electrons. The third-order valence-electron chi connectivity index (χ3n) is 3.77. The summed E-state index contributed by atoms with van der Waals surface area (Å²) in [4.78, 5) is 11.0. The Morgan fingerprint density at radius 2 is 2.10 bits per heavy atom. The van der Waals surface area contributed by atoms with Crippen molar-refractivity contribution in [2.24, 2.45) is 0 Å². The molecule has 1 aliphatic rings. The molecule has 0 aromatic heterocycles. The van der Waals surface area contributed by atoms with E-state index >= 15 is 0 Å². The first kappa shape index (κ1) is 15.8. The molecule has 0 saturated carbocycles. The number of hydrogen-bond acceptors (Lipinski definition) is 3. The summed E-state index contributed by atoms with van der Waals surface area (Å²) in [6, 6.07) is 4.36. The molecule has 7 heteroatoms. The molecule has 21 heavy (non-hydrogen) atoms. The topological polar surface area (TPSA) is 86.7 Å². The number of aromatic carboxylic acids is 1. The average molecular weight is 312 g/mol. The number of carboxylic acids is 1. The lowest BCUT2D eigenvalue weighted by Crippen LogP contribution is -2.44. The van der Waals surface area contributed by atoms with Crippen molar-refractivity contribution in [3.05, 3.63) is 29.3 Å². The molecular weight excluding hydrogens is 292 g/mol. The highest BCUT2D eigenvalue weighted by molar-refractivity contribution is 7.90. The van der Waals surface area contributed by atoms with E-state index in [-0.39, 0.29) is 11.6 Å². The number of benzene rings is 1. The number of nitrogens with one attached hydrogen (secondary N) is 1. The molecular formula is C14H20N2O4S. The molecule has 0 spiro atoms. The van der Waals surface area contributed by atoms with Crippen LogP contribution >= 0.6 is 0 Å². The van der Waals surface area contributed by atoms with E-state index in [4.69, 9.17) is 5.11 Å². The Morgan fingerprint density at radius 3 is 2.71 bits per heavy atom. The fourth-order valence-electron chi connectivity index (χ4n) is 2.49. The van der Waals surface area contributed by atoms with Crippen LogP contribution in [0, 0.1) is 6.92 Å². The molecule has 1 heterocycles. The fraction of sp³-hybridized carbons (Fsp3) is 0.500. The maximum Gasteiger partial charge on any atom is 0.335 e. The van der Waals surface area contributed by atoms with Gasteiger partial charge in [0, 0.05) is 12.6 Å². The third kappa shape index (κ3) is 3.54. The van der Waals surface area contributed by atoms with Crippen molar-refractivity contribution in [2.75, 3.05) is 11.3 Å². The van der Waals surface area contributed by atoms with E-state index in [1.165, 1.54) is 16.4 Å². The quantitative estimate of drug-likeness (QED) is 0.892. The molecule has 0 aliphatic carbocycles. The van der Waals surface area contributed by atoms with E-state index in [9.17, 15) is 13.2 Å². The zero-order chi connectivity index (χ0) is 15.6. The lowest BCUT2D eigenvalue weighted by Gasteiger charge is -2.32. The first-order chi connectivity index (χ1) is 9.81. The van der Waals surface area contributed by atoms with E-state index < -0.39 is 16.2 Å². The molecule has 1 fully saturated rings. The van der Waals surface area contributed by atoms with Gasteiger partial charge in [-0.1, -0.05) is 12.5 Å². The summed E-state index contributed by atoms with van der Waals surface area (Å²) >= 11 is 0. The van der Waals surface area contributed by atoms with Crippen LogP contribution in [0.5, 0.6) is 0 Å². The number of nitrogens with zero attached hydrogens (tertiary/aromatic N) is 1. The van der Waals surface area contributed by atoms with Crippen molar-refractivity contribution in [3.63, 3.8) is 0 Å². The van der Waals surface area contributed by atoms with Crippen molar-refractivity contribution in [2.45, 2.75) is 39.2 Å². The Hall–Kier alpha value is -1.60. The Morgan fingerprint density at radius 1 is 1.38 bits per heavy atom. The lowest BCUT2D eigenvalue weighted by molar-refractivity contribution is 0.0697. The lowest BCUT2D eigenvalue weighted by atomic mass is 10.1. The summed E-state index contributed by atoms with van der Waals surface area (Å²) in [5.74, 6) is -1.08. The van der Waals surface area contributed by atoms with Crippen molar-refractivity contribution in [1.82, 2.24) is 4.31 Å². The second-order valence-electron chi connectivity index (χ2n) is 5.40. The molecule has 1 saturated heterocycles. The Bertz CT molecular complexity index is 642. The van der Waals surface area contributed by atoms with Gasteiger partial charge in [0.15, 0.2) is 0 Å². The molecule has 1 aromatic rings. The zero-order valence-electron chi connectivity index (χ0n) is 12.2. The van der Waals surface area contributed by atoms with Crippen molar-refractivity contribution in [3.8, 4) is 0 Å². The molecule has 116 valence electrons. The molecule has 0 amide bonds. The van der Waals surface area contributed by atoms with Crippen LogP contribution in [0.25, 0.3) is 0 Å². The summed E-state index contributed by atoms with van der Waals surface area (Å²) in [5, 5.41) is 9.00. The van der Waals surface area contributed by atoms with Gasteiger partial charge < -0.3 is 5.11 Å². The standard InChI is InChI=1S/C14H20N2O4S/c1-10-6-7-12(14(17)18)9-13(10)15-21(19,20)16-8-4-3-5-11(16)2/h6-7,9,11,15H,3-5,8H2,1-2H3,(H,17,18). The van der Waals surface area contributed by atoms with Crippen LogP contribution in [0.3, 0.4) is 0 Å². The number of anilines is 1. The normalized spacial score (nSPS) is 20.2. The van der Waals surface area contributed by atoms with Gasteiger partial charge in [-0.2, -0.15) is 12.7 Å². The van der Waals surface area contributed by atoms with Crippen LogP contribution in [0.4, 0.5) is 5.69 Å². The predicted molar refractivity (Wildman–Crippen MR) is 80.7 cm³/mol. The Kier molecular flexibility index (Phi) is 4.53. The van der Waals surface area contributed by atoms with E-state index in [1.54, 1.807) is 13.0 Å². The van der Waals surface area contributed by atoms with Crippen LogP contribution in [-0.2, 0) is 10.2 Å². The molecule has 2 rings (SSSR count). The number of aryl methyl sites for hydroxylation is 1.